The van der Waals surface area contributed by atoms with Gasteiger partial charge in [0.1, 0.15) is 0 Å². The van der Waals surface area contributed by atoms with Crippen molar-refractivity contribution in [2.75, 3.05) is 20.1 Å². The highest BCUT2D eigenvalue weighted by molar-refractivity contribution is 4.99. The molecule has 1 rings (SSSR count). The minimum atomic E-state index is -0.618. The Hall–Kier alpha value is -0.340. The van der Waals surface area contributed by atoms with Gasteiger partial charge in [0.2, 0.25) is 0 Å². The van der Waals surface area contributed by atoms with Gasteiger partial charge in [-0.25, -0.2) is 0 Å². The Morgan fingerprint density at radius 3 is 2.80 bits per heavy atom. The van der Waals surface area contributed by atoms with Gasteiger partial charge in [-0.15, -0.1) is 6.58 Å². The summed E-state index contributed by atoms with van der Waals surface area (Å²) in [5.74, 6) is 0. The molecule has 10 heavy (non-hydrogen) atoms. The number of rotatable bonds is 1. The van der Waals surface area contributed by atoms with Gasteiger partial charge in [0.15, 0.2) is 0 Å². The summed E-state index contributed by atoms with van der Waals surface area (Å²) in [4.78, 5) is 2.13. The minimum absolute atomic E-state index is 0.618. The standard InChI is InChI=1S/C8H15NO/c1-3-8(10)5-4-6-9(2)7-8/h3,10H,1,4-7H2,2H3. The SMILES string of the molecule is C=CC1(O)CCCN(C)C1. The van der Waals surface area contributed by atoms with Gasteiger partial charge >= 0.3 is 0 Å². The van der Waals surface area contributed by atoms with Crippen molar-refractivity contribution in [1.29, 1.82) is 0 Å². The van der Waals surface area contributed by atoms with Crippen LogP contribution in [0.2, 0.25) is 0 Å². The number of hydrogen-bond donors (Lipinski definition) is 1. The van der Waals surface area contributed by atoms with Crippen molar-refractivity contribution in [3.63, 3.8) is 0 Å². The summed E-state index contributed by atoms with van der Waals surface area (Å²) < 4.78 is 0. The average molecular weight is 141 g/mol. The van der Waals surface area contributed by atoms with Crippen LogP contribution in [-0.4, -0.2) is 35.7 Å². The largest absolute Gasteiger partial charge is 0.384 e. The van der Waals surface area contributed by atoms with E-state index in [2.05, 4.69) is 11.5 Å². The number of β-amino-alcohol motifs (C(OH)–C–C–N with tert-alkyl or cyclic N) is 1. The van der Waals surface area contributed by atoms with Crippen molar-refractivity contribution in [2.24, 2.45) is 0 Å². The van der Waals surface area contributed by atoms with Crippen LogP contribution in [0.15, 0.2) is 12.7 Å². The lowest BCUT2D eigenvalue weighted by atomic mass is 9.94. The third kappa shape index (κ3) is 1.58. The van der Waals surface area contributed by atoms with Crippen molar-refractivity contribution in [1.82, 2.24) is 4.90 Å². The van der Waals surface area contributed by atoms with Gasteiger partial charge in [-0.05, 0) is 26.4 Å². The second-order valence-electron chi connectivity index (χ2n) is 3.15. The highest BCUT2D eigenvalue weighted by Crippen LogP contribution is 2.20. The maximum absolute atomic E-state index is 9.69. The first-order valence-electron chi connectivity index (χ1n) is 3.71. The summed E-state index contributed by atoms with van der Waals surface area (Å²) >= 11 is 0. The third-order valence-electron chi connectivity index (χ3n) is 2.07. The first-order valence-corrected chi connectivity index (χ1v) is 3.71. The number of aliphatic hydroxyl groups is 1. The fraction of sp³-hybridized carbons (Fsp3) is 0.750. The average Bonchev–Trinajstić information content (AvgIpc) is 1.88. The highest BCUT2D eigenvalue weighted by atomic mass is 16.3. The van der Waals surface area contributed by atoms with Gasteiger partial charge in [0, 0.05) is 6.54 Å². The van der Waals surface area contributed by atoms with Crippen LogP contribution in [0.3, 0.4) is 0 Å². The fourth-order valence-electron chi connectivity index (χ4n) is 1.45. The van der Waals surface area contributed by atoms with Gasteiger partial charge in [-0.1, -0.05) is 6.08 Å². The van der Waals surface area contributed by atoms with Crippen LogP contribution in [0.1, 0.15) is 12.8 Å². The topological polar surface area (TPSA) is 23.5 Å². The molecule has 1 atom stereocenters. The molecule has 1 heterocycles. The first kappa shape index (κ1) is 7.76. The number of hydrogen-bond acceptors (Lipinski definition) is 2. The summed E-state index contributed by atoms with van der Waals surface area (Å²) in [6.45, 7) is 5.44. The molecule has 1 aliphatic rings. The van der Waals surface area contributed by atoms with E-state index in [0.717, 1.165) is 25.9 Å². The normalized spacial score (nSPS) is 35.8. The van der Waals surface area contributed by atoms with E-state index in [1.54, 1.807) is 6.08 Å². The molecule has 2 heteroatoms. The van der Waals surface area contributed by atoms with E-state index >= 15 is 0 Å². The van der Waals surface area contributed by atoms with Crippen LogP contribution in [0.25, 0.3) is 0 Å². The molecule has 58 valence electrons. The van der Waals surface area contributed by atoms with E-state index in [9.17, 15) is 5.11 Å². The molecule has 0 amide bonds. The molecule has 0 aromatic heterocycles. The molecule has 0 saturated carbocycles. The molecule has 1 saturated heterocycles. The Morgan fingerprint density at radius 1 is 1.70 bits per heavy atom. The number of piperidine rings is 1. The molecule has 1 unspecified atom stereocenters. The van der Waals surface area contributed by atoms with E-state index in [1.165, 1.54) is 0 Å². The predicted molar refractivity (Wildman–Crippen MR) is 41.9 cm³/mol. The van der Waals surface area contributed by atoms with Crippen LogP contribution in [0, 0.1) is 0 Å². The van der Waals surface area contributed by atoms with E-state index in [4.69, 9.17) is 0 Å². The van der Waals surface area contributed by atoms with Gasteiger partial charge in [0.05, 0.1) is 5.60 Å². The smallest absolute Gasteiger partial charge is 0.0951 e. The van der Waals surface area contributed by atoms with Crippen LogP contribution in [0.4, 0.5) is 0 Å². The van der Waals surface area contributed by atoms with Crippen molar-refractivity contribution >= 4 is 0 Å². The molecule has 0 aliphatic carbocycles. The zero-order valence-corrected chi connectivity index (χ0v) is 6.51. The number of likely N-dealkylation sites (N-methyl/N-ethyl adjacent to an activating group) is 1. The summed E-state index contributed by atoms with van der Waals surface area (Å²) in [5, 5.41) is 9.69. The van der Waals surface area contributed by atoms with E-state index in [0.29, 0.717) is 0 Å². The van der Waals surface area contributed by atoms with Crippen molar-refractivity contribution in [3.8, 4) is 0 Å². The summed E-state index contributed by atoms with van der Waals surface area (Å²) in [6, 6.07) is 0. The lowest BCUT2D eigenvalue weighted by Gasteiger charge is -2.34. The molecule has 0 spiro atoms. The van der Waals surface area contributed by atoms with Crippen LogP contribution < -0.4 is 0 Å². The first-order chi connectivity index (χ1) is 4.66. The second kappa shape index (κ2) is 2.72. The molecule has 0 aromatic carbocycles. The van der Waals surface area contributed by atoms with Crippen LogP contribution >= 0.6 is 0 Å². The Labute approximate surface area is 62.2 Å². The maximum Gasteiger partial charge on any atom is 0.0951 e. The monoisotopic (exact) mass is 141 g/mol. The van der Waals surface area contributed by atoms with Crippen molar-refractivity contribution in [2.45, 2.75) is 18.4 Å². The number of nitrogens with zero attached hydrogens (tertiary/aromatic N) is 1. The zero-order valence-electron chi connectivity index (χ0n) is 6.51. The second-order valence-corrected chi connectivity index (χ2v) is 3.15. The molecule has 2 nitrogen and oxygen atoms in total. The minimum Gasteiger partial charge on any atom is -0.384 e. The molecule has 1 fully saturated rings. The molecule has 1 N–H and O–H groups in total. The van der Waals surface area contributed by atoms with Gasteiger partial charge in [-0.2, -0.15) is 0 Å². The Balaban J connectivity index is 2.53. The van der Waals surface area contributed by atoms with Crippen molar-refractivity contribution < 1.29 is 5.11 Å². The van der Waals surface area contributed by atoms with Crippen LogP contribution in [-0.2, 0) is 0 Å². The predicted octanol–water partition coefficient (Wildman–Crippen LogP) is 0.629. The molecular formula is C8H15NO. The fourth-order valence-corrected chi connectivity index (χ4v) is 1.45. The van der Waals surface area contributed by atoms with E-state index < -0.39 is 5.60 Å². The van der Waals surface area contributed by atoms with Gasteiger partial charge in [0.25, 0.3) is 0 Å². The quantitative estimate of drug-likeness (QED) is 0.541. The molecule has 0 aromatic rings. The zero-order chi connectivity index (χ0) is 7.61. The number of likely N-dealkylation sites (tertiary alicyclic amines) is 1. The molecular weight excluding hydrogens is 126 g/mol. The maximum atomic E-state index is 9.69. The molecule has 1 aliphatic heterocycles. The molecule has 0 radical (unpaired) electrons. The van der Waals surface area contributed by atoms with E-state index in [-0.39, 0.29) is 0 Å². The molecule has 0 bridgehead atoms. The van der Waals surface area contributed by atoms with Gasteiger partial charge in [-0.3, -0.25) is 0 Å². The van der Waals surface area contributed by atoms with E-state index in [1.807, 2.05) is 7.05 Å². The van der Waals surface area contributed by atoms with Gasteiger partial charge < -0.3 is 10.0 Å². The lowest BCUT2D eigenvalue weighted by molar-refractivity contribution is 0.0183. The van der Waals surface area contributed by atoms with Crippen molar-refractivity contribution in [3.05, 3.63) is 12.7 Å². The highest BCUT2D eigenvalue weighted by Gasteiger charge is 2.27. The Bertz CT molecular complexity index is 135. The lowest BCUT2D eigenvalue weighted by Crippen LogP contribution is -2.44. The Morgan fingerprint density at radius 2 is 2.40 bits per heavy atom. The van der Waals surface area contributed by atoms with Crippen LogP contribution in [0.5, 0.6) is 0 Å². The Kier molecular flexibility index (Phi) is 2.11. The summed E-state index contributed by atoms with van der Waals surface area (Å²) in [6.07, 6.45) is 3.59. The summed E-state index contributed by atoms with van der Waals surface area (Å²) in [5.41, 5.74) is -0.618. The summed E-state index contributed by atoms with van der Waals surface area (Å²) in [7, 11) is 2.02. The third-order valence-corrected chi connectivity index (χ3v) is 2.07.